The Kier molecular flexibility index (Phi) is 3.63. The SMILES string of the molecule is O=C1CC(OC(=O)Nc2cccc(Br)c2)CN1. The first-order valence-electron chi connectivity index (χ1n) is 5.13. The molecule has 1 fully saturated rings. The summed E-state index contributed by atoms with van der Waals surface area (Å²) in [5.74, 6) is -0.0924. The second kappa shape index (κ2) is 5.18. The fraction of sp³-hybridized carbons (Fsp3) is 0.273. The van der Waals surface area contributed by atoms with Crippen molar-refractivity contribution in [2.45, 2.75) is 12.5 Å². The fourth-order valence-electron chi connectivity index (χ4n) is 1.53. The van der Waals surface area contributed by atoms with Crippen LogP contribution in [0, 0.1) is 0 Å². The van der Waals surface area contributed by atoms with Gasteiger partial charge in [0.2, 0.25) is 5.91 Å². The van der Waals surface area contributed by atoms with Crippen molar-refractivity contribution in [3.8, 4) is 0 Å². The number of hydrogen-bond donors (Lipinski definition) is 2. The molecule has 1 heterocycles. The Hall–Kier alpha value is -1.56. The monoisotopic (exact) mass is 298 g/mol. The van der Waals surface area contributed by atoms with Gasteiger partial charge in [-0.15, -0.1) is 0 Å². The van der Waals surface area contributed by atoms with Gasteiger partial charge in [-0.2, -0.15) is 0 Å². The Balaban J connectivity index is 1.87. The van der Waals surface area contributed by atoms with Gasteiger partial charge in [-0.05, 0) is 18.2 Å². The zero-order valence-corrected chi connectivity index (χ0v) is 10.5. The number of halogens is 1. The minimum Gasteiger partial charge on any atom is -0.444 e. The first kappa shape index (κ1) is 11.9. The highest BCUT2D eigenvalue weighted by Gasteiger charge is 2.24. The number of hydrogen-bond acceptors (Lipinski definition) is 3. The van der Waals surface area contributed by atoms with E-state index in [0.717, 1.165) is 4.47 Å². The van der Waals surface area contributed by atoms with E-state index in [4.69, 9.17) is 4.74 Å². The Morgan fingerprint density at radius 2 is 2.35 bits per heavy atom. The van der Waals surface area contributed by atoms with Crippen molar-refractivity contribution in [2.75, 3.05) is 11.9 Å². The molecule has 0 radical (unpaired) electrons. The summed E-state index contributed by atoms with van der Waals surface area (Å²) in [5, 5.41) is 5.19. The fourth-order valence-corrected chi connectivity index (χ4v) is 1.93. The van der Waals surface area contributed by atoms with Crippen LogP contribution in [-0.4, -0.2) is 24.6 Å². The lowest BCUT2D eigenvalue weighted by Gasteiger charge is -2.11. The standard InChI is InChI=1S/C11H11BrN2O3/c12-7-2-1-3-8(4-7)14-11(16)17-9-5-10(15)13-6-9/h1-4,9H,5-6H2,(H,13,15)(H,14,16). The quantitative estimate of drug-likeness (QED) is 0.876. The number of rotatable bonds is 2. The van der Waals surface area contributed by atoms with Crippen molar-refractivity contribution in [3.05, 3.63) is 28.7 Å². The van der Waals surface area contributed by atoms with Gasteiger partial charge >= 0.3 is 6.09 Å². The normalized spacial score (nSPS) is 18.6. The smallest absolute Gasteiger partial charge is 0.411 e. The molecule has 0 aromatic heterocycles. The topological polar surface area (TPSA) is 67.4 Å². The van der Waals surface area contributed by atoms with Gasteiger partial charge in [0, 0.05) is 10.2 Å². The van der Waals surface area contributed by atoms with E-state index in [2.05, 4.69) is 26.6 Å². The van der Waals surface area contributed by atoms with Gasteiger partial charge < -0.3 is 10.1 Å². The minimum atomic E-state index is -0.551. The zero-order chi connectivity index (χ0) is 12.3. The summed E-state index contributed by atoms with van der Waals surface area (Å²) in [6.45, 7) is 0.380. The third-order valence-corrected chi connectivity index (χ3v) is 2.78. The number of carbonyl (C=O) groups is 2. The van der Waals surface area contributed by atoms with Crippen molar-refractivity contribution in [2.24, 2.45) is 0 Å². The summed E-state index contributed by atoms with van der Waals surface area (Å²) in [6, 6.07) is 7.18. The molecular weight excluding hydrogens is 288 g/mol. The molecule has 1 saturated heterocycles. The van der Waals surface area contributed by atoms with Gasteiger partial charge in [-0.25, -0.2) is 4.79 Å². The van der Waals surface area contributed by atoms with Crippen LogP contribution in [0.2, 0.25) is 0 Å². The van der Waals surface area contributed by atoms with Crippen molar-refractivity contribution < 1.29 is 14.3 Å². The molecule has 1 atom stereocenters. The average Bonchev–Trinajstić information content (AvgIpc) is 2.63. The predicted molar refractivity (Wildman–Crippen MR) is 65.7 cm³/mol. The lowest BCUT2D eigenvalue weighted by molar-refractivity contribution is -0.119. The molecule has 5 nitrogen and oxygen atoms in total. The summed E-state index contributed by atoms with van der Waals surface area (Å²) >= 11 is 3.30. The molecule has 0 aliphatic carbocycles. The van der Waals surface area contributed by atoms with Gasteiger partial charge in [0.25, 0.3) is 0 Å². The molecule has 0 spiro atoms. The van der Waals surface area contributed by atoms with E-state index < -0.39 is 6.09 Å². The molecular formula is C11H11BrN2O3. The molecule has 1 aromatic carbocycles. The number of amides is 2. The van der Waals surface area contributed by atoms with Gasteiger partial charge in [0.15, 0.2) is 0 Å². The number of anilines is 1. The maximum absolute atomic E-state index is 11.5. The molecule has 17 heavy (non-hydrogen) atoms. The van der Waals surface area contributed by atoms with E-state index in [9.17, 15) is 9.59 Å². The molecule has 0 saturated carbocycles. The summed E-state index contributed by atoms with van der Waals surface area (Å²) in [4.78, 5) is 22.4. The molecule has 2 N–H and O–H groups in total. The highest BCUT2D eigenvalue weighted by atomic mass is 79.9. The average molecular weight is 299 g/mol. The summed E-state index contributed by atoms with van der Waals surface area (Å²) < 4.78 is 5.95. The first-order chi connectivity index (χ1) is 8.13. The third-order valence-electron chi connectivity index (χ3n) is 2.28. The Bertz CT molecular complexity index is 450. The third kappa shape index (κ3) is 3.45. The van der Waals surface area contributed by atoms with Crippen LogP contribution >= 0.6 is 15.9 Å². The number of nitrogens with one attached hydrogen (secondary N) is 2. The van der Waals surface area contributed by atoms with Crippen LogP contribution in [0.4, 0.5) is 10.5 Å². The number of ether oxygens (including phenoxy) is 1. The van der Waals surface area contributed by atoms with Crippen molar-refractivity contribution in [1.29, 1.82) is 0 Å². The first-order valence-corrected chi connectivity index (χ1v) is 5.93. The largest absolute Gasteiger partial charge is 0.444 e. The van der Waals surface area contributed by atoms with Crippen molar-refractivity contribution in [1.82, 2.24) is 5.32 Å². The molecule has 2 amide bonds. The molecule has 1 aromatic rings. The van der Waals surface area contributed by atoms with Crippen LogP contribution in [0.5, 0.6) is 0 Å². The maximum Gasteiger partial charge on any atom is 0.411 e. The van der Waals surface area contributed by atoms with Gasteiger partial charge in [0.05, 0.1) is 13.0 Å². The van der Waals surface area contributed by atoms with Crippen molar-refractivity contribution >= 4 is 33.6 Å². The van der Waals surface area contributed by atoms with Gasteiger partial charge in [0.1, 0.15) is 6.10 Å². The van der Waals surface area contributed by atoms with Gasteiger partial charge in [-0.1, -0.05) is 22.0 Å². The van der Waals surface area contributed by atoms with E-state index in [1.165, 1.54) is 0 Å². The lowest BCUT2D eigenvalue weighted by Crippen LogP contribution is -2.24. The molecule has 0 bridgehead atoms. The molecule has 1 aliphatic heterocycles. The molecule has 90 valence electrons. The summed E-state index contributed by atoms with van der Waals surface area (Å²) in [6.07, 6.45) is -0.703. The minimum absolute atomic E-state index is 0.0924. The van der Waals surface area contributed by atoms with Crippen LogP contribution in [0.15, 0.2) is 28.7 Å². The van der Waals surface area contributed by atoms with Crippen molar-refractivity contribution in [3.63, 3.8) is 0 Å². The van der Waals surface area contributed by atoms with E-state index >= 15 is 0 Å². The predicted octanol–water partition coefficient (Wildman–Crippen LogP) is 1.89. The highest BCUT2D eigenvalue weighted by molar-refractivity contribution is 9.10. The Labute approximate surface area is 107 Å². The Morgan fingerprint density at radius 1 is 1.53 bits per heavy atom. The van der Waals surface area contributed by atoms with E-state index in [-0.39, 0.29) is 18.4 Å². The van der Waals surface area contributed by atoms with E-state index in [0.29, 0.717) is 12.2 Å². The molecule has 1 aliphatic rings. The number of benzene rings is 1. The second-order valence-corrected chi connectivity index (χ2v) is 4.59. The summed E-state index contributed by atoms with van der Waals surface area (Å²) in [7, 11) is 0. The Morgan fingerprint density at radius 3 is 3.00 bits per heavy atom. The van der Waals surface area contributed by atoms with Crippen LogP contribution in [0.25, 0.3) is 0 Å². The maximum atomic E-state index is 11.5. The molecule has 6 heteroatoms. The second-order valence-electron chi connectivity index (χ2n) is 3.67. The van der Waals surface area contributed by atoms with Gasteiger partial charge in [-0.3, -0.25) is 10.1 Å². The highest BCUT2D eigenvalue weighted by Crippen LogP contribution is 2.16. The molecule has 1 unspecified atom stereocenters. The summed E-state index contributed by atoms with van der Waals surface area (Å²) in [5.41, 5.74) is 0.640. The molecule has 2 rings (SSSR count). The van der Waals surface area contributed by atoms with Crippen LogP contribution in [-0.2, 0) is 9.53 Å². The van der Waals surface area contributed by atoms with Crippen LogP contribution in [0.1, 0.15) is 6.42 Å². The lowest BCUT2D eigenvalue weighted by atomic mass is 10.3. The van der Waals surface area contributed by atoms with E-state index in [1.807, 2.05) is 6.07 Å². The number of carbonyl (C=O) groups excluding carboxylic acids is 2. The van der Waals surface area contributed by atoms with E-state index in [1.54, 1.807) is 18.2 Å². The van der Waals surface area contributed by atoms with Crippen LogP contribution in [0.3, 0.4) is 0 Å². The zero-order valence-electron chi connectivity index (χ0n) is 8.90. The van der Waals surface area contributed by atoms with Crippen LogP contribution < -0.4 is 10.6 Å².